The largest absolute Gasteiger partial charge is 0.369 e. The van der Waals surface area contributed by atoms with Gasteiger partial charge < -0.3 is 10.2 Å². The Balaban J connectivity index is 1.52. The van der Waals surface area contributed by atoms with E-state index < -0.39 is 0 Å². The van der Waals surface area contributed by atoms with Gasteiger partial charge in [0.05, 0.1) is 11.6 Å². The van der Waals surface area contributed by atoms with Crippen molar-refractivity contribution >= 4 is 16.9 Å². The summed E-state index contributed by atoms with van der Waals surface area (Å²) in [5, 5.41) is 8.65. The molecule has 0 spiro atoms. The zero-order valence-corrected chi connectivity index (χ0v) is 12.9. The van der Waals surface area contributed by atoms with Gasteiger partial charge in [0.25, 0.3) is 0 Å². The van der Waals surface area contributed by atoms with Gasteiger partial charge >= 0.3 is 0 Å². The summed E-state index contributed by atoms with van der Waals surface area (Å²) in [6, 6.07) is 0.739. The summed E-state index contributed by atoms with van der Waals surface area (Å²) in [5.41, 5.74) is 0.872. The first-order chi connectivity index (χ1) is 10.3. The molecule has 1 aliphatic rings. The van der Waals surface area contributed by atoms with Crippen molar-refractivity contribution in [3.63, 3.8) is 0 Å². The van der Waals surface area contributed by atoms with Crippen molar-refractivity contribution in [2.24, 2.45) is 7.05 Å². The molecule has 0 saturated carbocycles. The van der Waals surface area contributed by atoms with Crippen LogP contribution in [0.5, 0.6) is 0 Å². The van der Waals surface area contributed by atoms with E-state index in [1.807, 2.05) is 13.2 Å². The lowest BCUT2D eigenvalue weighted by atomic mass is 10.0. The standard InChI is InChI=1S/C15H24N6/c1-12-6-3-4-8-21(12)9-5-7-16-14-13-10-19-20(2)15(13)18-11-17-14/h10-12H,3-9H2,1-2H3,(H,16,17,18). The van der Waals surface area contributed by atoms with E-state index in [1.54, 1.807) is 11.0 Å². The summed E-state index contributed by atoms with van der Waals surface area (Å²) in [6.07, 6.45) is 8.63. The van der Waals surface area contributed by atoms with Crippen LogP contribution in [-0.2, 0) is 7.05 Å². The minimum absolute atomic E-state index is 0.739. The second-order valence-corrected chi connectivity index (χ2v) is 5.89. The van der Waals surface area contributed by atoms with E-state index in [0.29, 0.717) is 0 Å². The van der Waals surface area contributed by atoms with Crippen LogP contribution in [0.4, 0.5) is 5.82 Å². The average Bonchev–Trinajstić information content (AvgIpc) is 2.88. The molecule has 1 atom stereocenters. The van der Waals surface area contributed by atoms with E-state index in [4.69, 9.17) is 0 Å². The summed E-state index contributed by atoms with van der Waals surface area (Å²) in [5.74, 6) is 0.889. The van der Waals surface area contributed by atoms with Crippen molar-refractivity contribution in [1.29, 1.82) is 0 Å². The molecule has 21 heavy (non-hydrogen) atoms. The number of fused-ring (bicyclic) bond motifs is 1. The van der Waals surface area contributed by atoms with Crippen LogP contribution in [-0.4, -0.2) is 50.3 Å². The lowest BCUT2D eigenvalue weighted by Crippen LogP contribution is -2.38. The van der Waals surface area contributed by atoms with Crippen molar-refractivity contribution in [2.45, 2.75) is 38.6 Å². The summed E-state index contributed by atoms with van der Waals surface area (Å²) >= 11 is 0. The second-order valence-electron chi connectivity index (χ2n) is 5.89. The highest BCUT2D eigenvalue weighted by molar-refractivity contribution is 5.85. The minimum atomic E-state index is 0.739. The van der Waals surface area contributed by atoms with Crippen molar-refractivity contribution < 1.29 is 0 Å². The third-order valence-corrected chi connectivity index (χ3v) is 4.38. The molecule has 6 nitrogen and oxygen atoms in total. The molecule has 1 fully saturated rings. The Bertz CT molecular complexity index is 593. The molecule has 0 aliphatic carbocycles. The Morgan fingerprint density at radius 3 is 3.10 bits per heavy atom. The van der Waals surface area contributed by atoms with Gasteiger partial charge in [-0.15, -0.1) is 0 Å². The van der Waals surface area contributed by atoms with Gasteiger partial charge in [0.2, 0.25) is 0 Å². The molecule has 1 N–H and O–H groups in total. The Morgan fingerprint density at radius 2 is 2.24 bits per heavy atom. The number of aryl methyl sites for hydroxylation is 1. The van der Waals surface area contributed by atoms with E-state index in [-0.39, 0.29) is 0 Å². The zero-order valence-electron chi connectivity index (χ0n) is 12.9. The fourth-order valence-electron chi connectivity index (χ4n) is 3.08. The molecule has 0 bridgehead atoms. The third kappa shape index (κ3) is 3.15. The van der Waals surface area contributed by atoms with Crippen LogP contribution in [0.3, 0.4) is 0 Å². The number of nitrogens with one attached hydrogen (secondary N) is 1. The fourth-order valence-corrected chi connectivity index (χ4v) is 3.08. The lowest BCUT2D eigenvalue weighted by molar-refractivity contribution is 0.160. The molecule has 2 aromatic heterocycles. The van der Waals surface area contributed by atoms with E-state index in [9.17, 15) is 0 Å². The van der Waals surface area contributed by atoms with Crippen molar-refractivity contribution in [2.75, 3.05) is 25.0 Å². The fraction of sp³-hybridized carbons (Fsp3) is 0.667. The molecule has 0 radical (unpaired) electrons. The number of nitrogens with zero attached hydrogens (tertiary/aromatic N) is 5. The zero-order chi connectivity index (χ0) is 14.7. The van der Waals surface area contributed by atoms with Crippen molar-refractivity contribution in [3.05, 3.63) is 12.5 Å². The van der Waals surface area contributed by atoms with Gasteiger partial charge in [-0.25, -0.2) is 9.97 Å². The normalized spacial score (nSPS) is 20.0. The Labute approximate surface area is 125 Å². The van der Waals surface area contributed by atoms with Crippen LogP contribution in [0.25, 0.3) is 11.0 Å². The maximum Gasteiger partial charge on any atom is 0.163 e. The molecular weight excluding hydrogens is 264 g/mol. The third-order valence-electron chi connectivity index (χ3n) is 4.38. The number of rotatable bonds is 5. The Kier molecular flexibility index (Phi) is 4.34. The lowest BCUT2D eigenvalue weighted by Gasteiger charge is -2.33. The first-order valence-electron chi connectivity index (χ1n) is 7.86. The van der Waals surface area contributed by atoms with Gasteiger partial charge in [0.15, 0.2) is 5.65 Å². The highest BCUT2D eigenvalue weighted by atomic mass is 15.3. The highest BCUT2D eigenvalue weighted by Crippen LogP contribution is 2.18. The second kappa shape index (κ2) is 6.39. The van der Waals surface area contributed by atoms with Crippen LogP contribution in [0, 0.1) is 0 Å². The van der Waals surface area contributed by atoms with Crippen LogP contribution in [0.1, 0.15) is 32.6 Å². The molecule has 3 rings (SSSR count). The van der Waals surface area contributed by atoms with Crippen LogP contribution < -0.4 is 5.32 Å². The first-order valence-corrected chi connectivity index (χ1v) is 7.86. The predicted molar refractivity (Wildman–Crippen MR) is 84.3 cm³/mol. The van der Waals surface area contributed by atoms with Crippen molar-refractivity contribution in [1.82, 2.24) is 24.6 Å². The molecule has 1 unspecified atom stereocenters. The maximum absolute atomic E-state index is 4.33. The summed E-state index contributed by atoms with van der Waals surface area (Å²) < 4.78 is 1.78. The van der Waals surface area contributed by atoms with E-state index >= 15 is 0 Å². The smallest absolute Gasteiger partial charge is 0.163 e. The van der Waals surface area contributed by atoms with Gasteiger partial charge in [0, 0.05) is 26.2 Å². The Morgan fingerprint density at radius 1 is 1.33 bits per heavy atom. The summed E-state index contributed by atoms with van der Waals surface area (Å²) in [4.78, 5) is 11.2. The predicted octanol–water partition coefficient (Wildman–Crippen LogP) is 2.04. The van der Waals surface area contributed by atoms with E-state index in [0.717, 1.165) is 42.4 Å². The summed E-state index contributed by atoms with van der Waals surface area (Å²) in [6.45, 7) is 5.69. The number of hydrogen-bond acceptors (Lipinski definition) is 5. The van der Waals surface area contributed by atoms with Crippen LogP contribution >= 0.6 is 0 Å². The average molecular weight is 288 g/mol. The van der Waals surface area contributed by atoms with Gasteiger partial charge in [-0.2, -0.15) is 5.10 Å². The molecule has 3 heterocycles. The highest BCUT2D eigenvalue weighted by Gasteiger charge is 2.17. The van der Waals surface area contributed by atoms with Gasteiger partial charge in [-0.1, -0.05) is 6.42 Å². The molecule has 1 saturated heterocycles. The van der Waals surface area contributed by atoms with E-state index in [2.05, 4.69) is 32.2 Å². The Hall–Kier alpha value is -1.69. The van der Waals surface area contributed by atoms with Gasteiger partial charge in [-0.3, -0.25) is 4.68 Å². The number of aromatic nitrogens is 4. The molecular formula is C15H24N6. The monoisotopic (exact) mass is 288 g/mol. The number of hydrogen-bond donors (Lipinski definition) is 1. The van der Waals surface area contributed by atoms with Crippen LogP contribution in [0.15, 0.2) is 12.5 Å². The van der Waals surface area contributed by atoms with Crippen LogP contribution in [0.2, 0.25) is 0 Å². The molecule has 1 aliphatic heterocycles. The molecule has 114 valence electrons. The minimum Gasteiger partial charge on any atom is -0.369 e. The van der Waals surface area contributed by atoms with Crippen molar-refractivity contribution in [3.8, 4) is 0 Å². The molecule has 6 heteroatoms. The maximum atomic E-state index is 4.33. The topological polar surface area (TPSA) is 58.9 Å². The molecule has 2 aromatic rings. The summed E-state index contributed by atoms with van der Waals surface area (Å²) in [7, 11) is 1.90. The van der Waals surface area contributed by atoms with E-state index in [1.165, 1.54) is 25.8 Å². The first kappa shape index (κ1) is 14.3. The number of anilines is 1. The van der Waals surface area contributed by atoms with Gasteiger partial charge in [-0.05, 0) is 32.7 Å². The quantitative estimate of drug-likeness (QED) is 0.853. The SMILES string of the molecule is CC1CCCCN1CCCNc1ncnc2c1cnn2C. The number of likely N-dealkylation sites (tertiary alicyclic amines) is 1. The number of piperidine rings is 1. The molecule has 0 amide bonds. The molecule has 0 aromatic carbocycles. The van der Waals surface area contributed by atoms with Gasteiger partial charge in [0.1, 0.15) is 12.1 Å².